The van der Waals surface area contributed by atoms with Crippen LogP contribution in [0.4, 0.5) is 15.9 Å². The molecule has 0 spiro atoms. The van der Waals surface area contributed by atoms with Crippen molar-refractivity contribution >= 4 is 17.2 Å². The molecule has 0 atom stereocenters. The summed E-state index contributed by atoms with van der Waals surface area (Å²) in [5.74, 6) is 0.350. The van der Waals surface area contributed by atoms with Crippen molar-refractivity contribution in [3.05, 3.63) is 41.6 Å². The Labute approximate surface area is 152 Å². The molecule has 0 amide bonds. The molecule has 0 bridgehead atoms. The summed E-state index contributed by atoms with van der Waals surface area (Å²) in [7, 11) is 0. The smallest absolute Gasteiger partial charge is 0.167 e. The number of nitrogen functional groups attached to an aromatic ring is 1. The van der Waals surface area contributed by atoms with Gasteiger partial charge in [-0.3, -0.25) is 5.41 Å². The summed E-state index contributed by atoms with van der Waals surface area (Å²) in [6.07, 6.45) is 4.78. The third-order valence-corrected chi connectivity index (χ3v) is 4.32. The van der Waals surface area contributed by atoms with Gasteiger partial charge >= 0.3 is 0 Å². The molecular weight excluding hydrogens is 333 g/mol. The van der Waals surface area contributed by atoms with Crippen LogP contribution in [0, 0.1) is 11.2 Å². The van der Waals surface area contributed by atoms with Crippen molar-refractivity contribution in [2.45, 2.75) is 39.2 Å². The highest BCUT2D eigenvalue weighted by atomic mass is 19.1. The molecule has 138 valence electrons. The lowest BCUT2D eigenvalue weighted by atomic mass is 10.0. The number of nitrogens with one attached hydrogen (secondary N) is 1. The van der Waals surface area contributed by atoms with Gasteiger partial charge in [0, 0.05) is 36.5 Å². The van der Waals surface area contributed by atoms with Gasteiger partial charge in [-0.05, 0) is 39.2 Å². The molecule has 0 unspecified atom stereocenters. The Hall–Kier alpha value is -2.70. The van der Waals surface area contributed by atoms with Gasteiger partial charge < -0.3 is 15.4 Å². The summed E-state index contributed by atoms with van der Waals surface area (Å²) in [5.41, 5.74) is 7.10. The van der Waals surface area contributed by atoms with Gasteiger partial charge in [0.25, 0.3) is 0 Å². The SMILES string of the molecule is CC(C)Oc1cc(C(=N)c2cc(N3CCCCC3)ncn2)c(N)cc1F. The minimum atomic E-state index is -0.538. The Morgan fingerprint density at radius 1 is 1.19 bits per heavy atom. The molecule has 3 N–H and O–H groups in total. The fraction of sp³-hybridized carbons (Fsp3) is 0.421. The molecule has 1 aliphatic heterocycles. The molecule has 0 aliphatic carbocycles. The predicted octanol–water partition coefficient (Wildman–Crippen LogP) is 3.39. The number of hydrogen-bond acceptors (Lipinski definition) is 6. The van der Waals surface area contributed by atoms with Crippen molar-refractivity contribution in [3.63, 3.8) is 0 Å². The van der Waals surface area contributed by atoms with Crippen LogP contribution in [-0.2, 0) is 0 Å². The average Bonchev–Trinajstić information content (AvgIpc) is 2.64. The van der Waals surface area contributed by atoms with Crippen LogP contribution in [0.2, 0.25) is 0 Å². The fourth-order valence-electron chi connectivity index (χ4n) is 3.05. The maximum absolute atomic E-state index is 14.1. The molecule has 1 saturated heterocycles. The van der Waals surface area contributed by atoms with Gasteiger partial charge in [0.1, 0.15) is 12.1 Å². The predicted molar refractivity (Wildman–Crippen MR) is 101 cm³/mol. The van der Waals surface area contributed by atoms with E-state index in [1.54, 1.807) is 6.07 Å². The minimum Gasteiger partial charge on any atom is -0.488 e. The number of hydrogen-bond donors (Lipinski definition) is 2. The first-order valence-electron chi connectivity index (χ1n) is 8.87. The number of benzene rings is 1. The number of aromatic nitrogens is 2. The molecule has 0 radical (unpaired) electrons. The van der Waals surface area contributed by atoms with Crippen LogP contribution in [0.3, 0.4) is 0 Å². The van der Waals surface area contributed by atoms with Crippen LogP contribution in [0.15, 0.2) is 24.5 Å². The molecule has 1 aliphatic rings. The lowest BCUT2D eigenvalue weighted by Crippen LogP contribution is -2.30. The summed E-state index contributed by atoms with van der Waals surface area (Å²) >= 11 is 0. The second-order valence-electron chi connectivity index (χ2n) is 6.72. The van der Waals surface area contributed by atoms with Crippen LogP contribution in [0.25, 0.3) is 0 Å². The molecule has 1 aromatic heterocycles. The third-order valence-electron chi connectivity index (χ3n) is 4.32. The largest absolute Gasteiger partial charge is 0.488 e. The fourth-order valence-corrected chi connectivity index (χ4v) is 3.05. The van der Waals surface area contributed by atoms with Gasteiger partial charge in [0.2, 0.25) is 0 Å². The lowest BCUT2D eigenvalue weighted by molar-refractivity contribution is 0.231. The van der Waals surface area contributed by atoms with E-state index in [1.165, 1.54) is 24.9 Å². The van der Waals surface area contributed by atoms with E-state index in [-0.39, 0.29) is 23.3 Å². The Bertz CT molecular complexity index is 803. The Kier molecular flexibility index (Phi) is 5.35. The van der Waals surface area contributed by atoms with Gasteiger partial charge in [-0.1, -0.05) is 0 Å². The van der Waals surface area contributed by atoms with E-state index in [4.69, 9.17) is 15.9 Å². The summed E-state index contributed by atoms with van der Waals surface area (Å²) in [4.78, 5) is 10.7. The van der Waals surface area contributed by atoms with Crippen molar-refractivity contribution in [1.29, 1.82) is 5.41 Å². The highest BCUT2D eigenvalue weighted by molar-refractivity contribution is 6.13. The van der Waals surface area contributed by atoms with Gasteiger partial charge in [0.15, 0.2) is 11.6 Å². The van der Waals surface area contributed by atoms with Crippen molar-refractivity contribution in [2.75, 3.05) is 23.7 Å². The highest BCUT2D eigenvalue weighted by Gasteiger charge is 2.18. The summed E-state index contributed by atoms with van der Waals surface area (Å²) in [6.45, 7) is 5.54. The molecule has 7 heteroatoms. The second kappa shape index (κ2) is 7.68. The number of ether oxygens (including phenoxy) is 1. The Balaban J connectivity index is 1.91. The highest BCUT2D eigenvalue weighted by Crippen LogP contribution is 2.27. The van der Waals surface area contributed by atoms with Gasteiger partial charge in [-0.15, -0.1) is 0 Å². The molecule has 1 fully saturated rings. The average molecular weight is 357 g/mol. The molecule has 26 heavy (non-hydrogen) atoms. The monoisotopic (exact) mass is 357 g/mol. The maximum Gasteiger partial charge on any atom is 0.167 e. The summed E-state index contributed by atoms with van der Waals surface area (Å²) < 4.78 is 19.5. The number of halogens is 1. The molecule has 3 rings (SSSR count). The molecular formula is C19H24FN5O. The molecule has 6 nitrogen and oxygen atoms in total. The van der Waals surface area contributed by atoms with E-state index in [0.717, 1.165) is 31.7 Å². The first-order chi connectivity index (χ1) is 12.5. The van der Waals surface area contributed by atoms with E-state index < -0.39 is 5.82 Å². The van der Waals surface area contributed by atoms with Crippen molar-refractivity contribution < 1.29 is 9.13 Å². The first kappa shape index (κ1) is 18.1. The van der Waals surface area contributed by atoms with Crippen molar-refractivity contribution in [3.8, 4) is 5.75 Å². The minimum absolute atomic E-state index is 0.0826. The second-order valence-corrected chi connectivity index (χ2v) is 6.72. The van der Waals surface area contributed by atoms with E-state index in [1.807, 2.05) is 13.8 Å². The van der Waals surface area contributed by atoms with Crippen molar-refractivity contribution in [1.82, 2.24) is 9.97 Å². The topological polar surface area (TPSA) is 88.1 Å². The van der Waals surface area contributed by atoms with E-state index in [2.05, 4.69) is 14.9 Å². The van der Waals surface area contributed by atoms with Crippen LogP contribution in [0.1, 0.15) is 44.4 Å². The number of nitrogens with zero attached hydrogens (tertiary/aromatic N) is 3. The van der Waals surface area contributed by atoms with Crippen LogP contribution >= 0.6 is 0 Å². The molecule has 0 saturated carbocycles. The molecule has 1 aromatic carbocycles. The van der Waals surface area contributed by atoms with E-state index in [0.29, 0.717) is 11.3 Å². The maximum atomic E-state index is 14.1. The zero-order valence-corrected chi connectivity index (χ0v) is 15.1. The molecule has 2 aromatic rings. The zero-order valence-electron chi connectivity index (χ0n) is 15.1. The number of anilines is 2. The quantitative estimate of drug-likeness (QED) is 0.632. The third kappa shape index (κ3) is 3.92. The van der Waals surface area contributed by atoms with Gasteiger partial charge in [-0.2, -0.15) is 0 Å². The van der Waals surface area contributed by atoms with Gasteiger partial charge in [-0.25, -0.2) is 14.4 Å². The van der Waals surface area contributed by atoms with E-state index >= 15 is 0 Å². The van der Waals surface area contributed by atoms with E-state index in [9.17, 15) is 4.39 Å². The standard InChI is InChI=1S/C19H24FN5O/c1-12(2)26-17-8-13(15(21)9-14(17)20)19(22)16-10-18(24-11-23-16)25-6-4-3-5-7-25/h8-12,22H,3-7,21H2,1-2H3. The Morgan fingerprint density at radius 3 is 2.62 bits per heavy atom. The van der Waals surface area contributed by atoms with Crippen LogP contribution in [-0.4, -0.2) is 34.9 Å². The lowest BCUT2D eigenvalue weighted by Gasteiger charge is -2.27. The zero-order chi connectivity index (χ0) is 18.7. The van der Waals surface area contributed by atoms with Crippen LogP contribution in [0.5, 0.6) is 5.75 Å². The Morgan fingerprint density at radius 2 is 1.92 bits per heavy atom. The van der Waals surface area contributed by atoms with Gasteiger partial charge in [0.05, 0.1) is 17.5 Å². The molecule has 2 heterocycles. The number of piperidine rings is 1. The first-order valence-corrected chi connectivity index (χ1v) is 8.87. The summed E-state index contributed by atoms with van der Waals surface area (Å²) in [5, 5.41) is 8.51. The normalized spacial score (nSPS) is 14.5. The van der Waals surface area contributed by atoms with Crippen molar-refractivity contribution in [2.24, 2.45) is 0 Å². The number of rotatable bonds is 5. The van der Waals surface area contributed by atoms with Crippen LogP contribution < -0.4 is 15.4 Å². The number of nitrogens with two attached hydrogens (primary N) is 1. The summed E-state index contributed by atoms with van der Waals surface area (Å²) in [6, 6.07) is 4.45.